The fraction of sp³-hybridized carbons (Fsp3) is 0.316. The lowest BCUT2D eigenvalue weighted by atomic mass is 9.89. The number of amides is 1. The third kappa shape index (κ3) is 3.61. The van der Waals surface area contributed by atoms with Crippen molar-refractivity contribution in [3.8, 4) is 11.5 Å². The number of non-ortho nitro benzene ring substituents is 1. The third-order valence-corrected chi connectivity index (χ3v) is 4.30. The Hall–Kier alpha value is -3.09. The van der Waals surface area contributed by atoms with Crippen molar-refractivity contribution in [3.63, 3.8) is 0 Å². The average Bonchev–Trinajstić information content (AvgIpc) is 2.60. The fourth-order valence-corrected chi connectivity index (χ4v) is 3.09. The molecule has 0 spiro atoms. The van der Waals surface area contributed by atoms with Crippen LogP contribution in [0.1, 0.15) is 42.2 Å². The molecule has 136 valence electrons. The molecule has 0 radical (unpaired) electrons. The number of methoxy groups -OCH3 is 1. The van der Waals surface area contributed by atoms with Gasteiger partial charge in [0, 0.05) is 29.7 Å². The number of carbonyl (C=O) groups is 1. The van der Waals surface area contributed by atoms with E-state index in [4.69, 9.17) is 9.47 Å². The van der Waals surface area contributed by atoms with E-state index in [0.29, 0.717) is 17.9 Å². The minimum atomic E-state index is -0.519. The molecule has 1 aliphatic heterocycles. The zero-order valence-corrected chi connectivity index (χ0v) is 14.8. The van der Waals surface area contributed by atoms with Crippen LogP contribution in [0.3, 0.4) is 0 Å². The van der Waals surface area contributed by atoms with Crippen LogP contribution < -0.4 is 14.8 Å². The van der Waals surface area contributed by atoms with Crippen LogP contribution in [-0.4, -0.2) is 23.5 Å². The Bertz CT molecular complexity index is 863. The van der Waals surface area contributed by atoms with Gasteiger partial charge in [-0.3, -0.25) is 14.9 Å². The van der Waals surface area contributed by atoms with Gasteiger partial charge in [0.2, 0.25) is 0 Å². The molecular formula is C19H20N2O5. The summed E-state index contributed by atoms with van der Waals surface area (Å²) < 4.78 is 11.3. The maximum absolute atomic E-state index is 12.7. The molecule has 1 N–H and O–H groups in total. The van der Waals surface area contributed by atoms with E-state index in [2.05, 4.69) is 5.32 Å². The van der Waals surface area contributed by atoms with Gasteiger partial charge in [-0.15, -0.1) is 0 Å². The van der Waals surface area contributed by atoms with Gasteiger partial charge in [0.1, 0.15) is 17.1 Å². The fourth-order valence-electron chi connectivity index (χ4n) is 3.09. The van der Waals surface area contributed by atoms with Crippen LogP contribution >= 0.6 is 0 Å². The topological polar surface area (TPSA) is 90.7 Å². The molecule has 26 heavy (non-hydrogen) atoms. The predicted molar refractivity (Wildman–Crippen MR) is 95.6 cm³/mol. The standard InChI is InChI=1S/C19H20N2O5/c1-19(2)11-16(15-10-14(25-3)7-8-17(15)26-19)20-18(22)12-5-4-6-13(9-12)21(23)24/h4-10,16H,11H2,1-3H3,(H,20,22)/t16-/m0/s1. The van der Waals surface area contributed by atoms with Crippen molar-refractivity contribution >= 4 is 11.6 Å². The number of nitro groups is 1. The van der Waals surface area contributed by atoms with Crippen LogP contribution in [-0.2, 0) is 0 Å². The Balaban J connectivity index is 1.90. The molecule has 1 heterocycles. The smallest absolute Gasteiger partial charge is 0.270 e. The number of hydrogen-bond donors (Lipinski definition) is 1. The number of carbonyl (C=O) groups excluding carboxylic acids is 1. The van der Waals surface area contributed by atoms with E-state index in [9.17, 15) is 14.9 Å². The zero-order valence-electron chi connectivity index (χ0n) is 14.8. The molecule has 0 saturated heterocycles. The van der Waals surface area contributed by atoms with Crippen molar-refractivity contribution in [2.24, 2.45) is 0 Å². The van der Waals surface area contributed by atoms with Gasteiger partial charge in [-0.1, -0.05) is 6.07 Å². The van der Waals surface area contributed by atoms with E-state index >= 15 is 0 Å². The Labute approximate surface area is 151 Å². The normalized spacial score (nSPS) is 17.6. The highest BCUT2D eigenvalue weighted by atomic mass is 16.6. The summed E-state index contributed by atoms with van der Waals surface area (Å²) in [6.07, 6.45) is 0.563. The molecule has 0 aliphatic carbocycles. The van der Waals surface area contributed by atoms with Gasteiger partial charge in [0.15, 0.2) is 0 Å². The molecule has 0 bridgehead atoms. The lowest BCUT2D eigenvalue weighted by Crippen LogP contribution is -2.41. The highest BCUT2D eigenvalue weighted by Gasteiger charge is 2.35. The number of ether oxygens (including phenoxy) is 2. The first kappa shape index (κ1) is 17.7. The molecule has 2 aromatic carbocycles. The van der Waals surface area contributed by atoms with E-state index in [1.54, 1.807) is 19.2 Å². The molecule has 0 saturated carbocycles. The van der Waals surface area contributed by atoms with E-state index in [1.807, 2.05) is 26.0 Å². The van der Waals surface area contributed by atoms with Crippen LogP contribution in [0.5, 0.6) is 11.5 Å². The van der Waals surface area contributed by atoms with E-state index in [-0.39, 0.29) is 23.2 Å². The largest absolute Gasteiger partial charge is 0.497 e. The molecule has 0 fully saturated rings. The number of rotatable bonds is 4. The van der Waals surface area contributed by atoms with Crippen LogP contribution in [0.4, 0.5) is 5.69 Å². The molecule has 7 heteroatoms. The summed E-state index contributed by atoms with van der Waals surface area (Å²) in [4.78, 5) is 23.1. The van der Waals surface area contributed by atoms with E-state index in [1.165, 1.54) is 18.2 Å². The number of fused-ring (bicyclic) bond motifs is 1. The number of nitro benzene ring substituents is 1. The second-order valence-electron chi connectivity index (χ2n) is 6.80. The number of hydrogen-bond acceptors (Lipinski definition) is 5. The molecule has 7 nitrogen and oxygen atoms in total. The second-order valence-corrected chi connectivity index (χ2v) is 6.80. The van der Waals surface area contributed by atoms with Crippen molar-refractivity contribution in [1.82, 2.24) is 5.32 Å². The van der Waals surface area contributed by atoms with Gasteiger partial charge in [-0.05, 0) is 38.1 Å². The quantitative estimate of drug-likeness (QED) is 0.667. The van der Waals surface area contributed by atoms with E-state index in [0.717, 1.165) is 5.56 Å². The Morgan fingerprint density at radius 3 is 2.77 bits per heavy atom. The van der Waals surface area contributed by atoms with Gasteiger partial charge in [0.25, 0.3) is 11.6 Å². The molecule has 1 atom stereocenters. The highest BCUT2D eigenvalue weighted by Crippen LogP contribution is 2.41. The molecule has 3 rings (SSSR count). The van der Waals surface area contributed by atoms with Crippen molar-refractivity contribution < 1.29 is 19.2 Å². The number of nitrogens with zero attached hydrogens (tertiary/aromatic N) is 1. The Kier molecular flexibility index (Phi) is 4.54. The van der Waals surface area contributed by atoms with Crippen molar-refractivity contribution in [2.45, 2.75) is 31.9 Å². The summed E-state index contributed by atoms with van der Waals surface area (Å²) in [6, 6.07) is 10.8. The number of nitrogens with one attached hydrogen (secondary N) is 1. The van der Waals surface area contributed by atoms with Crippen molar-refractivity contribution in [3.05, 3.63) is 63.7 Å². The summed E-state index contributed by atoms with van der Waals surface area (Å²) in [5.74, 6) is 0.984. The summed E-state index contributed by atoms with van der Waals surface area (Å²) >= 11 is 0. The molecule has 2 aromatic rings. The predicted octanol–water partition coefficient (Wildman–Crippen LogP) is 3.64. The van der Waals surface area contributed by atoms with Crippen LogP contribution in [0.25, 0.3) is 0 Å². The minimum Gasteiger partial charge on any atom is -0.497 e. The maximum atomic E-state index is 12.7. The van der Waals surface area contributed by atoms with Gasteiger partial charge in [0.05, 0.1) is 18.1 Å². The van der Waals surface area contributed by atoms with Crippen LogP contribution in [0.2, 0.25) is 0 Å². The van der Waals surface area contributed by atoms with E-state index < -0.39 is 10.5 Å². The first-order valence-corrected chi connectivity index (χ1v) is 8.21. The lowest BCUT2D eigenvalue weighted by molar-refractivity contribution is -0.384. The summed E-state index contributed by atoms with van der Waals surface area (Å²) in [7, 11) is 1.58. The summed E-state index contributed by atoms with van der Waals surface area (Å²) in [5.41, 5.74) is 0.491. The first-order valence-electron chi connectivity index (χ1n) is 8.21. The monoisotopic (exact) mass is 356 g/mol. The Morgan fingerprint density at radius 2 is 2.08 bits per heavy atom. The second kappa shape index (κ2) is 6.67. The first-order chi connectivity index (χ1) is 12.3. The SMILES string of the molecule is COc1ccc2c(c1)[C@@H](NC(=O)c1cccc([N+](=O)[O-])c1)CC(C)(C)O2. The van der Waals surface area contributed by atoms with Crippen LogP contribution in [0.15, 0.2) is 42.5 Å². The highest BCUT2D eigenvalue weighted by molar-refractivity contribution is 5.95. The lowest BCUT2D eigenvalue weighted by Gasteiger charge is -2.38. The summed E-state index contributed by atoms with van der Waals surface area (Å²) in [6.45, 7) is 3.90. The Morgan fingerprint density at radius 1 is 1.31 bits per heavy atom. The van der Waals surface area contributed by atoms with Gasteiger partial charge in [-0.25, -0.2) is 0 Å². The van der Waals surface area contributed by atoms with Gasteiger partial charge in [-0.2, -0.15) is 0 Å². The molecule has 1 aliphatic rings. The molecular weight excluding hydrogens is 336 g/mol. The molecule has 0 unspecified atom stereocenters. The van der Waals surface area contributed by atoms with Crippen molar-refractivity contribution in [2.75, 3.05) is 7.11 Å². The minimum absolute atomic E-state index is 0.118. The third-order valence-electron chi connectivity index (χ3n) is 4.30. The van der Waals surface area contributed by atoms with Gasteiger partial charge < -0.3 is 14.8 Å². The summed E-state index contributed by atoms with van der Waals surface area (Å²) in [5, 5.41) is 13.9. The average molecular weight is 356 g/mol. The maximum Gasteiger partial charge on any atom is 0.270 e. The zero-order chi connectivity index (χ0) is 18.9. The molecule has 0 aromatic heterocycles. The van der Waals surface area contributed by atoms with Crippen molar-refractivity contribution in [1.29, 1.82) is 0 Å². The van der Waals surface area contributed by atoms with Crippen LogP contribution in [0, 0.1) is 10.1 Å². The molecule has 1 amide bonds. The number of benzene rings is 2. The van der Waals surface area contributed by atoms with Gasteiger partial charge >= 0.3 is 0 Å².